The quantitative estimate of drug-likeness (QED) is 0.549. The highest BCUT2D eigenvalue weighted by Gasteiger charge is 2.48. The van der Waals surface area contributed by atoms with E-state index < -0.39 is 5.60 Å². The van der Waals surface area contributed by atoms with E-state index in [9.17, 15) is 9.90 Å². The van der Waals surface area contributed by atoms with E-state index in [1.165, 1.54) is 12.5 Å². The van der Waals surface area contributed by atoms with Crippen molar-refractivity contribution >= 4 is 5.97 Å². The minimum Gasteiger partial charge on any atom is -0.462 e. The molecule has 2 rings (SSSR count). The van der Waals surface area contributed by atoms with Gasteiger partial charge in [-0.2, -0.15) is 0 Å². The van der Waals surface area contributed by atoms with Gasteiger partial charge in [0.15, 0.2) is 0 Å². The molecule has 0 bridgehead atoms. The van der Waals surface area contributed by atoms with Gasteiger partial charge in [-0.25, -0.2) is 0 Å². The minimum atomic E-state index is -0.814. The molecule has 0 saturated heterocycles. The van der Waals surface area contributed by atoms with Crippen molar-refractivity contribution in [3.05, 3.63) is 23.8 Å². The maximum atomic E-state index is 11.5. The van der Waals surface area contributed by atoms with E-state index in [0.29, 0.717) is 5.92 Å². The van der Waals surface area contributed by atoms with Gasteiger partial charge in [-0.15, -0.1) is 6.58 Å². The van der Waals surface area contributed by atoms with Crippen molar-refractivity contribution in [1.82, 2.24) is 0 Å². The van der Waals surface area contributed by atoms with Gasteiger partial charge in [0, 0.05) is 12.3 Å². The molecule has 25 heavy (non-hydrogen) atoms. The summed E-state index contributed by atoms with van der Waals surface area (Å²) in [4.78, 5) is 11.5. The van der Waals surface area contributed by atoms with Crippen LogP contribution >= 0.6 is 0 Å². The van der Waals surface area contributed by atoms with Crippen molar-refractivity contribution in [1.29, 1.82) is 0 Å². The Balaban J connectivity index is 2.36. The Hall–Kier alpha value is -1.09. The van der Waals surface area contributed by atoms with Crippen LogP contribution in [0.2, 0.25) is 0 Å². The molecule has 0 amide bonds. The predicted octanol–water partition coefficient (Wildman–Crippen LogP) is 5.19. The van der Waals surface area contributed by atoms with Gasteiger partial charge >= 0.3 is 5.97 Å². The first kappa shape index (κ1) is 20.2. The number of ether oxygens (including phenoxy) is 1. The molecule has 0 spiro atoms. The summed E-state index contributed by atoms with van der Waals surface area (Å²) in [6.07, 6.45) is 7.44. The van der Waals surface area contributed by atoms with E-state index in [1.807, 2.05) is 6.92 Å². The van der Waals surface area contributed by atoms with Crippen molar-refractivity contribution in [2.75, 3.05) is 0 Å². The Morgan fingerprint density at radius 3 is 2.48 bits per heavy atom. The van der Waals surface area contributed by atoms with Gasteiger partial charge in [0.05, 0.1) is 5.60 Å². The highest BCUT2D eigenvalue weighted by molar-refractivity contribution is 5.66. The molecule has 0 unspecified atom stereocenters. The molecule has 0 fully saturated rings. The van der Waals surface area contributed by atoms with Gasteiger partial charge < -0.3 is 9.84 Å². The SMILES string of the molecule is C=C[C@@](C)(O)CC[C@@]1(C)C2=C(CC[C@H]1C)C(C)(C)[C@@H](OC(C)=O)CC2. The van der Waals surface area contributed by atoms with E-state index in [4.69, 9.17) is 4.74 Å². The largest absolute Gasteiger partial charge is 0.462 e. The summed E-state index contributed by atoms with van der Waals surface area (Å²) in [6, 6.07) is 0. The second-order valence-electron chi connectivity index (χ2n) is 9.23. The fourth-order valence-corrected chi connectivity index (χ4v) is 4.87. The lowest BCUT2D eigenvalue weighted by Crippen LogP contribution is -2.45. The zero-order valence-corrected chi connectivity index (χ0v) is 16.9. The van der Waals surface area contributed by atoms with E-state index >= 15 is 0 Å². The third-order valence-electron chi connectivity index (χ3n) is 7.11. The van der Waals surface area contributed by atoms with E-state index in [-0.39, 0.29) is 22.9 Å². The van der Waals surface area contributed by atoms with E-state index in [2.05, 4.69) is 34.3 Å². The molecule has 3 heteroatoms. The van der Waals surface area contributed by atoms with Gasteiger partial charge in [-0.05, 0) is 56.8 Å². The monoisotopic (exact) mass is 348 g/mol. The van der Waals surface area contributed by atoms with Crippen molar-refractivity contribution in [2.24, 2.45) is 16.7 Å². The molecule has 0 saturated carbocycles. The summed E-state index contributed by atoms with van der Waals surface area (Å²) in [7, 11) is 0. The first-order valence-corrected chi connectivity index (χ1v) is 9.70. The molecule has 0 aliphatic heterocycles. The fourth-order valence-electron chi connectivity index (χ4n) is 4.87. The van der Waals surface area contributed by atoms with Crippen LogP contribution in [0.15, 0.2) is 23.8 Å². The third kappa shape index (κ3) is 3.86. The first-order chi connectivity index (χ1) is 11.4. The number of hydrogen-bond donors (Lipinski definition) is 1. The van der Waals surface area contributed by atoms with Crippen molar-refractivity contribution in [2.45, 2.75) is 91.8 Å². The lowest BCUT2D eigenvalue weighted by Gasteiger charge is -2.52. The molecule has 0 heterocycles. The molecule has 2 aliphatic carbocycles. The highest BCUT2D eigenvalue weighted by atomic mass is 16.5. The second-order valence-corrected chi connectivity index (χ2v) is 9.23. The summed E-state index contributed by atoms with van der Waals surface area (Å²) < 4.78 is 5.66. The number of esters is 1. The van der Waals surface area contributed by atoms with Crippen LogP contribution in [0.5, 0.6) is 0 Å². The lowest BCUT2D eigenvalue weighted by atomic mass is 9.54. The maximum absolute atomic E-state index is 11.5. The molecule has 2 aliphatic rings. The number of hydrogen-bond acceptors (Lipinski definition) is 3. The van der Waals surface area contributed by atoms with Gasteiger partial charge in [0.1, 0.15) is 6.10 Å². The summed E-state index contributed by atoms with van der Waals surface area (Å²) in [5.41, 5.74) is 2.22. The predicted molar refractivity (Wildman–Crippen MR) is 102 cm³/mol. The van der Waals surface area contributed by atoms with Crippen molar-refractivity contribution in [3.8, 4) is 0 Å². The number of carbonyl (C=O) groups excluding carboxylic acids is 1. The molecule has 1 N–H and O–H groups in total. The average Bonchev–Trinajstić information content (AvgIpc) is 2.51. The Kier molecular flexibility index (Phi) is 5.59. The average molecular weight is 349 g/mol. The lowest BCUT2D eigenvalue weighted by molar-refractivity contribution is -0.152. The van der Waals surface area contributed by atoms with Crippen molar-refractivity contribution in [3.63, 3.8) is 0 Å². The molecule has 0 radical (unpaired) electrons. The Bertz CT molecular complexity index is 570. The van der Waals surface area contributed by atoms with Crippen LogP contribution in [-0.2, 0) is 9.53 Å². The fraction of sp³-hybridized carbons (Fsp3) is 0.773. The topological polar surface area (TPSA) is 46.5 Å². The van der Waals surface area contributed by atoms with Crippen LogP contribution < -0.4 is 0 Å². The van der Waals surface area contributed by atoms with Crippen LogP contribution in [0.1, 0.15) is 80.1 Å². The van der Waals surface area contributed by atoms with Gasteiger partial charge in [-0.3, -0.25) is 4.79 Å². The molecule has 4 atom stereocenters. The van der Waals surface area contributed by atoms with Crippen LogP contribution in [-0.4, -0.2) is 22.8 Å². The van der Waals surface area contributed by atoms with E-state index in [1.54, 1.807) is 11.6 Å². The second kappa shape index (κ2) is 6.90. The highest BCUT2D eigenvalue weighted by Crippen LogP contribution is 2.57. The van der Waals surface area contributed by atoms with Crippen molar-refractivity contribution < 1.29 is 14.6 Å². The summed E-state index contributed by atoms with van der Waals surface area (Å²) >= 11 is 0. The smallest absolute Gasteiger partial charge is 0.302 e. The maximum Gasteiger partial charge on any atom is 0.302 e. The molecule has 0 aromatic carbocycles. The minimum absolute atomic E-state index is 0.0299. The molecule has 0 aromatic heterocycles. The molecule has 3 nitrogen and oxygen atoms in total. The zero-order chi connectivity index (χ0) is 19.0. The van der Waals surface area contributed by atoms with Gasteiger partial charge in [0.2, 0.25) is 0 Å². The van der Waals surface area contributed by atoms with Crippen LogP contribution in [0, 0.1) is 16.7 Å². The summed E-state index contributed by atoms with van der Waals surface area (Å²) in [5.74, 6) is 0.407. The number of allylic oxidation sites excluding steroid dienone is 1. The van der Waals surface area contributed by atoms with Crippen LogP contribution in [0.25, 0.3) is 0 Å². The third-order valence-corrected chi connectivity index (χ3v) is 7.11. The Labute approximate surface area is 153 Å². The summed E-state index contributed by atoms with van der Waals surface area (Å²) in [5, 5.41) is 10.4. The molecule has 0 aromatic rings. The number of carbonyl (C=O) groups is 1. The molecular weight excluding hydrogens is 312 g/mol. The van der Waals surface area contributed by atoms with Crippen LogP contribution in [0.3, 0.4) is 0 Å². The normalized spacial score (nSPS) is 34.0. The first-order valence-electron chi connectivity index (χ1n) is 9.70. The Morgan fingerprint density at radius 1 is 1.32 bits per heavy atom. The van der Waals surface area contributed by atoms with E-state index in [0.717, 1.165) is 38.5 Å². The van der Waals surface area contributed by atoms with Gasteiger partial charge in [0.25, 0.3) is 0 Å². The number of aliphatic hydroxyl groups is 1. The molecule has 142 valence electrons. The van der Waals surface area contributed by atoms with Gasteiger partial charge in [-0.1, -0.05) is 44.9 Å². The number of rotatable bonds is 5. The summed E-state index contributed by atoms with van der Waals surface area (Å²) in [6.45, 7) is 16.3. The Morgan fingerprint density at radius 2 is 1.92 bits per heavy atom. The van der Waals surface area contributed by atoms with Crippen LogP contribution in [0.4, 0.5) is 0 Å². The zero-order valence-electron chi connectivity index (χ0n) is 16.9. The standard InChI is InChI=1S/C22H36O3/c1-8-21(6,24)13-14-22(7)15(2)9-10-17-18(22)11-12-19(20(17,4)5)25-16(3)23/h8,15,19,24H,1,9-14H2,2-7H3/t15-,19+,21-,22-/m1/s1. The molecular formula is C22H36O3.